The van der Waals surface area contributed by atoms with Crippen molar-refractivity contribution in [2.75, 3.05) is 34.6 Å². The van der Waals surface area contributed by atoms with Gasteiger partial charge in [0, 0.05) is 72.8 Å². The van der Waals surface area contributed by atoms with Crippen molar-refractivity contribution in [1.82, 2.24) is 14.9 Å². The Morgan fingerprint density at radius 1 is 1.00 bits per heavy atom. The fourth-order valence-corrected chi connectivity index (χ4v) is 7.90. The van der Waals surface area contributed by atoms with Crippen LogP contribution in [0.3, 0.4) is 0 Å². The molecule has 57 heavy (non-hydrogen) atoms. The largest absolute Gasteiger partial charge is 0.487 e. The second-order valence-electron chi connectivity index (χ2n) is 13.5. The highest BCUT2D eigenvalue weighted by Gasteiger charge is 2.40. The first-order valence-corrected chi connectivity index (χ1v) is 19.3. The fourth-order valence-electron chi connectivity index (χ4n) is 6.74. The van der Waals surface area contributed by atoms with Crippen molar-refractivity contribution >= 4 is 73.8 Å². The minimum Gasteiger partial charge on any atom is -0.487 e. The fraction of sp³-hybridized carbons (Fsp3) is 0.231. The lowest BCUT2D eigenvalue weighted by atomic mass is 10.0. The number of rotatable bonds is 13. The molecule has 7 rings (SSSR count). The number of nitrogens with one attached hydrogen (secondary N) is 4. The number of fused-ring (bicyclic) bond motifs is 2. The third kappa shape index (κ3) is 8.40. The molecule has 5 amide bonds. The summed E-state index contributed by atoms with van der Waals surface area (Å²) in [5.41, 5.74) is 9.10. The number of amides is 5. The summed E-state index contributed by atoms with van der Waals surface area (Å²) in [6, 6.07) is 19.4. The first-order valence-electron chi connectivity index (χ1n) is 17.9. The molecule has 16 nitrogen and oxygen atoms in total. The minimum atomic E-state index is -4.35. The van der Waals surface area contributed by atoms with Crippen LogP contribution in [0.1, 0.15) is 40.7 Å². The lowest BCUT2D eigenvalue weighted by molar-refractivity contribution is -0.137. The van der Waals surface area contributed by atoms with Gasteiger partial charge in [0.2, 0.25) is 17.7 Å². The second kappa shape index (κ2) is 16.1. The smallest absolute Gasteiger partial charge is 0.326 e. The van der Waals surface area contributed by atoms with Gasteiger partial charge in [-0.05, 0) is 65.4 Å². The standard InChI is InChI=1S/C39H37FN8O8S/c40-36-29-8-7-28(14-25(29)16-32(56-22-23-4-2-1-3-5-23)37(36)48-21-35(51)46-57(48,54)55)44-34(50)12-13-42-18-24(17-41)19-43-27-6-9-30-26(15-27)20-47(39(30)53)31-10-11-33(49)45-38(31)52/h1-9,14-18,31,43H,10-13,19-22,41H2,(H,44,50)(H,46,51)(H,45,49,52)/b24-17+,42-18?. The highest BCUT2D eigenvalue weighted by Crippen LogP contribution is 2.40. The van der Waals surface area contributed by atoms with Crippen molar-refractivity contribution in [3.8, 4) is 5.75 Å². The zero-order valence-electron chi connectivity index (χ0n) is 30.3. The number of imide groups is 1. The Bertz CT molecular complexity index is 2480. The van der Waals surface area contributed by atoms with Crippen LogP contribution in [0.15, 0.2) is 89.6 Å². The average molecular weight is 797 g/mol. The van der Waals surface area contributed by atoms with E-state index in [0.29, 0.717) is 38.7 Å². The van der Waals surface area contributed by atoms with Crippen molar-refractivity contribution in [2.45, 2.75) is 38.5 Å². The third-order valence-corrected chi connectivity index (χ3v) is 10.9. The number of halogens is 1. The molecule has 6 N–H and O–H groups in total. The van der Waals surface area contributed by atoms with Crippen LogP contribution in [-0.2, 0) is 42.5 Å². The maximum Gasteiger partial charge on any atom is 0.326 e. The summed E-state index contributed by atoms with van der Waals surface area (Å²) in [5, 5.41) is 8.66. The summed E-state index contributed by atoms with van der Waals surface area (Å²) >= 11 is 0. The molecule has 3 aliphatic heterocycles. The Morgan fingerprint density at radius 2 is 1.79 bits per heavy atom. The van der Waals surface area contributed by atoms with E-state index in [9.17, 15) is 32.4 Å². The number of nitrogens with zero attached hydrogens (tertiary/aromatic N) is 3. The third-order valence-electron chi connectivity index (χ3n) is 9.57. The van der Waals surface area contributed by atoms with Gasteiger partial charge in [-0.25, -0.2) is 13.4 Å². The monoisotopic (exact) mass is 796 g/mol. The minimum absolute atomic E-state index is 0.00858. The topological polar surface area (TPSA) is 222 Å². The highest BCUT2D eigenvalue weighted by molar-refractivity contribution is 7.92. The van der Waals surface area contributed by atoms with Crippen LogP contribution in [-0.4, -0.2) is 74.7 Å². The predicted molar refractivity (Wildman–Crippen MR) is 209 cm³/mol. The van der Waals surface area contributed by atoms with E-state index in [4.69, 9.17) is 10.5 Å². The number of benzene rings is 4. The summed E-state index contributed by atoms with van der Waals surface area (Å²) in [5.74, 6) is -3.28. The number of hydrogen-bond acceptors (Lipinski definition) is 11. The molecule has 2 fully saturated rings. The molecule has 0 aliphatic carbocycles. The second-order valence-corrected chi connectivity index (χ2v) is 15.1. The molecule has 1 unspecified atom stereocenters. The van der Waals surface area contributed by atoms with Gasteiger partial charge < -0.3 is 26.0 Å². The number of carbonyl (C=O) groups is 5. The summed E-state index contributed by atoms with van der Waals surface area (Å²) < 4.78 is 49.9. The quantitative estimate of drug-likeness (QED) is 0.0984. The van der Waals surface area contributed by atoms with E-state index < -0.39 is 46.1 Å². The Balaban J connectivity index is 0.954. The van der Waals surface area contributed by atoms with Crippen LogP contribution in [0, 0.1) is 5.82 Å². The molecule has 0 saturated carbocycles. The van der Waals surface area contributed by atoms with Gasteiger partial charge >= 0.3 is 10.2 Å². The first kappa shape index (κ1) is 38.5. The summed E-state index contributed by atoms with van der Waals surface area (Å²) in [4.78, 5) is 67.5. The maximum atomic E-state index is 16.1. The van der Waals surface area contributed by atoms with Crippen LogP contribution >= 0.6 is 0 Å². The van der Waals surface area contributed by atoms with Gasteiger partial charge in [-0.3, -0.25) is 34.3 Å². The van der Waals surface area contributed by atoms with Gasteiger partial charge in [0.25, 0.3) is 11.8 Å². The van der Waals surface area contributed by atoms with Crippen molar-refractivity contribution in [2.24, 2.45) is 10.7 Å². The average Bonchev–Trinajstić information content (AvgIpc) is 3.65. The van der Waals surface area contributed by atoms with Gasteiger partial charge in [-0.15, -0.1) is 0 Å². The van der Waals surface area contributed by atoms with E-state index in [2.05, 4.69) is 20.9 Å². The lowest BCUT2D eigenvalue weighted by Crippen LogP contribution is -2.52. The van der Waals surface area contributed by atoms with Gasteiger partial charge in [0.1, 0.15) is 30.6 Å². The summed E-state index contributed by atoms with van der Waals surface area (Å²) in [7, 11) is -4.35. The van der Waals surface area contributed by atoms with E-state index in [1.165, 1.54) is 35.4 Å². The molecular formula is C39H37FN8O8S. The summed E-state index contributed by atoms with van der Waals surface area (Å²) in [6.07, 6.45) is 3.38. The van der Waals surface area contributed by atoms with Crippen molar-refractivity contribution in [3.63, 3.8) is 0 Å². The zero-order chi connectivity index (χ0) is 40.3. The number of piperidine rings is 1. The summed E-state index contributed by atoms with van der Waals surface area (Å²) in [6.45, 7) is 0.0334. The van der Waals surface area contributed by atoms with Gasteiger partial charge in [0.15, 0.2) is 5.82 Å². The number of carbonyl (C=O) groups excluding carboxylic acids is 5. The molecule has 18 heteroatoms. The molecule has 0 spiro atoms. The molecule has 4 aromatic carbocycles. The van der Waals surface area contributed by atoms with Gasteiger partial charge in [-0.2, -0.15) is 8.42 Å². The Morgan fingerprint density at radius 3 is 2.53 bits per heavy atom. The van der Waals surface area contributed by atoms with Crippen molar-refractivity contribution < 1.29 is 41.5 Å². The molecule has 0 bridgehead atoms. The number of hydrogen-bond donors (Lipinski definition) is 5. The van der Waals surface area contributed by atoms with E-state index >= 15 is 4.39 Å². The van der Waals surface area contributed by atoms with Crippen LogP contribution in [0.5, 0.6) is 5.75 Å². The molecule has 0 radical (unpaired) electrons. The number of aliphatic imine (C=N–C) groups is 1. The van der Waals surface area contributed by atoms with E-state index in [-0.39, 0.29) is 67.8 Å². The first-order chi connectivity index (χ1) is 27.4. The zero-order valence-corrected chi connectivity index (χ0v) is 31.1. The molecule has 4 aromatic rings. The number of anilines is 3. The number of ether oxygens (including phenoxy) is 1. The van der Waals surface area contributed by atoms with Gasteiger partial charge in [-0.1, -0.05) is 30.3 Å². The Labute approximate surface area is 326 Å². The van der Waals surface area contributed by atoms with Crippen LogP contribution < -0.4 is 35.4 Å². The van der Waals surface area contributed by atoms with Crippen LogP contribution in [0.25, 0.3) is 10.8 Å². The van der Waals surface area contributed by atoms with Crippen LogP contribution in [0.4, 0.5) is 21.5 Å². The molecule has 294 valence electrons. The normalized spacial score (nSPS) is 17.8. The van der Waals surface area contributed by atoms with Crippen LogP contribution in [0.2, 0.25) is 0 Å². The molecule has 2 saturated heterocycles. The van der Waals surface area contributed by atoms with E-state index in [1.54, 1.807) is 42.6 Å². The predicted octanol–water partition coefficient (Wildman–Crippen LogP) is 2.85. The Hall–Kier alpha value is -6.82. The van der Waals surface area contributed by atoms with E-state index in [1.807, 2.05) is 16.9 Å². The molecule has 3 heterocycles. The van der Waals surface area contributed by atoms with Crippen molar-refractivity contribution in [3.05, 3.63) is 107 Å². The molecule has 0 aromatic heterocycles. The van der Waals surface area contributed by atoms with E-state index in [0.717, 1.165) is 11.1 Å². The molecule has 1 atom stereocenters. The molecular weight excluding hydrogens is 760 g/mol. The SMILES string of the molecule is N/C=C(\C=NCCC(=O)Nc1ccc2c(F)c(N3CC(=O)NS3(=O)=O)c(OCc3ccccc3)cc2c1)CNc1ccc2c(c1)CN(C1CCC(=O)NC1=O)C2=O. The highest BCUT2D eigenvalue weighted by atomic mass is 32.2. The number of nitrogens with two attached hydrogens (primary N) is 1. The van der Waals surface area contributed by atoms with Crippen molar-refractivity contribution in [1.29, 1.82) is 0 Å². The Kier molecular flexibility index (Phi) is 10.9. The van der Waals surface area contributed by atoms with Gasteiger partial charge in [0.05, 0.1) is 0 Å². The maximum absolute atomic E-state index is 16.1. The molecule has 3 aliphatic rings. The lowest BCUT2D eigenvalue weighted by Gasteiger charge is -2.29.